The van der Waals surface area contributed by atoms with Crippen LogP contribution in [-0.4, -0.2) is 23.1 Å². The molecule has 0 aromatic heterocycles. The van der Waals surface area contributed by atoms with Crippen molar-refractivity contribution in [3.8, 4) is 0 Å². The Morgan fingerprint density at radius 2 is 0.789 bits per heavy atom. The summed E-state index contributed by atoms with van der Waals surface area (Å²) in [6, 6.07) is 0. The minimum absolute atomic E-state index is 0. The average Bonchev–Trinajstić information content (AvgIpc) is 2.17. The van der Waals surface area contributed by atoms with Gasteiger partial charge in [-0.15, -0.1) is 0 Å². The zero-order valence-corrected chi connectivity index (χ0v) is 15.9. The van der Waals surface area contributed by atoms with Gasteiger partial charge in [-0.3, -0.25) is 19.2 Å². The quantitative estimate of drug-likeness (QED) is 0.556. The van der Waals surface area contributed by atoms with Crippen LogP contribution in [0.1, 0.15) is 54.4 Å². The monoisotopic (exact) mass is 320 g/mol. The van der Waals surface area contributed by atoms with Gasteiger partial charge in [-0.2, -0.15) is 0 Å². The number of carbonyl (C=O) groups excluding carboxylic acids is 4. The van der Waals surface area contributed by atoms with Crippen molar-refractivity contribution in [3.63, 3.8) is 0 Å². The van der Waals surface area contributed by atoms with E-state index in [0.29, 0.717) is 12.8 Å². The largest absolute Gasteiger partial charge is 0.299 e. The predicted molar refractivity (Wildman–Crippen MR) is 70.3 cm³/mol. The van der Waals surface area contributed by atoms with Crippen molar-refractivity contribution < 1.29 is 38.7 Å². The Hall–Kier alpha value is -0.697. The molecular weight excluding hydrogens is 298 g/mol. The van der Waals surface area contributed by atoms with Crippen LogP contribution >= 0.6 is 0 Å². The second-order valence-corrected chi connectivity index (χ2v) is 4.36. The van der Waals surface area contributed by atoms with E-state index in [1.807, 2.05) is 13.8 Å². The Bertz CT molecular complexity index is 263. The number of rotatable bonds is 6. The molecule has 106 valence electrons. The third-order valence-corrected chi connectivity index (χ3v) is 2.78. The van der Waals surface area contributed by atoms with Gasteiger partial charge < -0.3 is 0 Å². The summed E-state index contributed by atoms with van der Waals surface area (Å²) in [6.07, 6.45) is 1.26. The third kappa shape index (κ3) is 10.9. The van der Waals surface area contributed by atoms with Crippen LogP contribution in [0.25, 0.3) is 0 Å². The van der Waals surface area contributed by atoms with Gasteiger partial charge >= 0.3 is 0 Å². The summed E-state index contributed by atoms with van der Waals surface area (Å²) in [4.78, 5) is 42.4. The number of hydrogen-bond donors (Lipinski definition) is 0. The van der Waals surface area contributed by atoms with E-state index in [1.165, 1.54) is 27.7 Å². The Kier molecular flexibility index (Phi) is 15.2. The van der Waals surface area contributed by atoms with Crippen molar-refractivity contribution in [1.82, 2.24) is 0 Å². The molecule has 0 heterocycles. The molecule has 0 aromatic carbocycles. The van der Waals surface area contributed by atoms with Gasteiger partial charge in [0, 0.05) is 19.5 Å². The minimum Gasteiger partial charge on any atom is -0.299 e. The van der Waals surface area contributed by atoms with E-state index >= 15 is 0 Å². The van der Waals surface area contributed by atoms with Crippen LogP contribution in [0, 0.1) is 11.8 Å². The molecule has 0 aromatic rings. The van der Waals surface area contributed by atoms with Gasteiger partial charge in [-0.25, -0.2) is 0 Å². The molecule has 0 aliphatic heterocycles. The van der Waals surface area contributed by atoms with Crippen LogP contribution in [-0.2, 0) is 38.7 Å². The van der Waals surface area contributed by atoms with Crippen LogP contribution in [0.15, 0.2) is 0 Å². The molecule has 0 aliphatic carbocycles. The third-order valence-electron chi connectivity index (χ3n) is 2.78. The van der Waals surface area contributed by atoms with Gasteiger partial charge in [-0.05, 0) is 40.5 Å². The van der Waals surface area contributed by atoms with Crippen LogP contribution in [0.4, 0.5) is 0 Å². The van der Waals surface area contributed by atoms with E-state index < -0.39 is 0 Å². The van der Waals surface area contributed by atoms with E-state index in [1.54, 1.807) is 0 Å². The number of Topliss-reactive ketones (excluding diaryl/α,β-unsaturated/α-hetero) is 4. The zero-order chi connectivity index (χ0) is 14.9. The molecule has 0 atom stereocenters. The van der Waals surface area contributed by atoms with Crippen LogP contribution in [0.3, 0.4) is 0 Å². The maximum atomic E-state index is 10.6. The number of carbonyl (C=O) groups is 4. The van der Waals surface area contributed by atoms with Gasteiger partial charge in [-0.1, -0.05) is 13.8 Å². The van der Waals surface area contributed by atoms with Crippen molar-refractivity contribution in [3.05, 3.63) is 0 Å². The van der Waals surface area contributed by atoms with Crippen LogP contribution < -0.4 is 0 Å². The SMILES string of the molecule is CCC(C(C)=O)C(C)=O.CCC(C(C)=O)C(C)=O.[Zn]. The van der Waals surface area contributed by atoms with Crippen molar-refractivity contribution in [2.24, 2.45) is 11.8 Å². The summed E-state index contributed by atoms with van der Waals surface area (Å²) < 4.78 is 0. The Balaban J connectivity index is -0.000000256. The van der Waals surface area contributed by atoms with Crippen LogP contribution in [0.5, 0.6) is 0 Å². The Morgan fingerprint density at radius 1 is 0.632 bits per heavy atom. The maximum Gasteiger partial charge on any atom is 0.140 e. The molecule has 4 nitrogen and oxygen atoms in total. The molecule has 0 saturated carbocycles. The van der Waals surface area contributed by atoms with Gasteiger partial charge in [0.15, 0.2) is 0 Å². The first-order valence-electron chi connectivity index (χ1n) is 6.20. The van der Waals surface area contributed by atoms with E-state index in [-0.39, 0.29) is 54.4 Å². The van der Waals surface area contributed by atoms with E-state index in [4.69, 9.17) is 0 Å². The normalized spacial score (nSPS) is 9.26. The first-order chi connectivity index (χ1) is 8.18. The van der Waals surface area contributed by atoms with Gasteiger partial charge in [0.2, 0.25) is 0 Å². The van der Waals surface area contributed by atoms with E-state index in [2.05, 4.69) is 0 Å². The molecule has 0 spiro atoms. The molecule has 5 heteroatoms. The smallest absolute Gasteiger partial charge is 0.140 e. The fourth-order valence-electron chi connectivity index (χ4n) is 1.72. The first kappa shape index (κ1) is 23.4. The summed E-state index contributed by atoms with van der Waals surface area (Å²) >= 11 is 0. The molecule has 0 N–H and O–H groups in total. The molecule has 19 heavy (non-hydrogen) atoms. The van der Waals surface area contributed by atoms with Crippen LogP contribution in [0.2, 0.25) is 0 Å². The standard InChI is InChI=1S/2C7H12O2.Zn/c2*1-4-7(5(2)8)6(3)9;/h2*7H,4H2,1-3H3;. The molecule has 0 radical (unpaired) electrons. The zero-order valence-electron chi connectivity index (χ0n) is 12.9. The van der Waals surface area contributed by atoms with Crippen molar-refractivity contribution >= 4 is 23.1 Å². The Morgan fingerprint density at radius 3 is 0.789 bits per heavy atom. The Labute approximate surface area is 128 Å². The van der Waals surface area contributed by atoms with Crippen molar-refractivity contribution in [1.29, 1.82) is 0 Å². The first-order valence-corrected chi connectivity index (χ1v) is 6.20. The van der Waals surface area contributed by atoms with Gasteiger partial charge in [0.25, 0.3) is 0 Å². The van der Waals surface area contributed by atoms with E-state index in [9.17, 15) is 19.2 Å². The fourth-order valence-corrected chi connectivity index (χ4v) is 1.72. The summed E-state index contributed by atoms with van der Waals surface area (Å²) in [5.74, 6) is -0.806. The summed E-state index contributed by atoms with van der Waals surface area (Å²) in [5, 5.41) is 0. The molecule has 0 rings (SSSR count). The fraction of sp³-hybridized carbons (Fsp3) is 0.714. The molecule has 0 amide bonds. The molecule has 0 bridgehead atoms. The second-order valence-electron chi connectivity index (χ2n) is 4.36. The van der Waals surface area contributed by atoms with Gasteiger partial charge in [0.1, 0.15) is 23.1 Å². The summed E-state index contributed by atoms with van der Waals surface area (Å²) in [7, 11) is 0. The van der Waals surface area contributed by atoms with Crippen molar-refractivity contribution in [2.75, 3.05) is 0 Å². The number of ketones is 4. The minimum atomic E-state index is -0.356. The van der Waals surface area contributed by atoms with E-state index in [0.717, 1.165) is 0 Å². The predicted octanol–water partition coefficient (Wildman–Crippen LogP) is 2.38. The molecular formula is C14H24O4Zn. The topological polar surface area (TPSA) is 68.3 Å². The second kappa shape index (κ2) is 12.3. The van der Waals surface area contributed by atoms with Crippen molar-refractivity contribution in [2.45, 2.75) is 54.4 Å². The summed E-state index contributed by atoms with van der Waals surface area (Å²) in [6.45, 7) is 9.50. The molecule has 0 fully saturated rings. The molecule has 0 saturated heterocycles. The summed E-state index contributed by atoms with van der Waals surface area (Å²) in [5.41, 5.74) is 0. The van der Waals surface area contributed by atoms with Gasteiger partial charge in [0.05, 0.1) is 11.8 Å². The number of hydrogen-bond acceptors (Lipinski definition) is 4. The molecule has 0 aliphatic rings. The molecule has 0 unspecified atom stereocenters. The average molecular weight is 322 g/mol. The maximum absolute atomic E-state index is 10.6.